The summed E-state index contributed by atoms with van der Waals surface area (Å²) >= 11 is 0. The molecule has 1 saturated heterocycles. The van der Waals surface area contributed by atoms with Crippen LogP contribution in [0.4, 0.5) is 0 Å². The number of aliphatic hydroxyl groups is 1. The predicted octanol–water partition coefficient (Wildman–Crippen LogP) is 2.80. The molecule has 2 atom stereocenters. The Balaban J connectivity index is 2.43. The van der Waals surface area contributed by atoms with Gasteiger partial charge in [0.05, 0.1) is 12.6 Å². The molecule has 0 spiro atoms. The van der Waals surface area contributed by atoms with E-state index >= 15 is 0 Å². The van der Waals surface area contributed by atoms with Crippen molar-refractivity contribution in [3.63, 3.8) is 0 Å². The number of benzene rings is 1. The Kier molecular flexibility index (Phi) is 3.98. The Morgan fingerprint density at radius 1 is 1.35 bits per heavy atom. The highest BCUT2D eigenvalue weighted by molar-refractivity contribution is 5.40. The van der Waals surface area contributed by atoms with Crippen LogP contribution in [0, 0.1) is 13.8 Å². The number of ether oxygens (including phenoxy) is 1. The van der Waals surface area contributed by atoms with Gasteiger partial charge in [-0.15, -0.1) is 0 Å². The van der Waals surface area contributed by atoms with Gasteiger partial charge in [0.25, 0.3) is 0 Å². The molecule has 0 aliphatic carbocycles. The highest BCUT2D eigenvalue weighted by Gasteiger charge is 2.45. The second kappa shape index (κ2) is 5.14. The van der Waals surface area contributed by atoms with E-state index in [4.69, 9.17) is 4.74 Å². The third-order valence-corrected chi connectivity index (χ3v) is 4.42. The van der Waals surface area contributed by atoms with Crippen LogP contribution in [0.5, 0.6) is 0 Å². The van der Waals surface area contributed by atoms with Crippen molar-refractivity contribution < 1.29 is 9.84 Å². The number of hydrogen-bond acceptors (Lipinski definition) is 3. The number of rotatable bonds is 2. The van der Waals surface area contributed by atoms with Crippen LogP contribution in [0.2, 0.25) is 0 Å². The van der Waals surface area contributed by atoms with Crippen molar-refractivity contribution in [1.29, 1.82) is 0 Å². The van der Waals surface area contributed by atoms with Gasteiger partial charge in [-0.1, -0.05) is 19.1 Å². The predicted molar refractivity (Wildman–Crippen MR) is 81.8 cm³/mol. The van der Waals surface area contributed by atoms with E-state index in [2.05, 4.69) is 46.0 Å². The Morgan fingerprint density at radius 3 is 2.55 bits per heavy atom. The first-order valence-corrected chi connectivity index (χ1v) is 7.44. The fourth-order valence-corrected chi connectivity index (χ4v) is 2.98. The van der Waals surface area contributed by atoms with Crippen LogP contribution >= 0.6 is 0 Å². The van der Waals surface area contributed by atoms with E-state index in [0.29, 0.717) is 6.61 Å². The fourth-order valence-electron chi connectivity index (χ4n) is 2.98. The van der Waals surface area contributed by atoms with Crippen LogP contribution < -0.4 is 5.32 Å². The minimum absolute atomic E-state index is 0.112. The van der Waals surface area contributed by atoms with E-state index in [1.54, 1.807) is 0 Å². The summed E-state index contributed by atoms with van der Waals surface area (Å²) < 4.78 is 5.87. The molecule has 1 aliphatic rings. The van der Waals surface area contributed by atoms with Gasteiger partial charge in [-0.05, 0) is 57.7 Å². The zero-order valence-corrected chi connectivity index (χ0v) is 13.5. The SMILES string of the molecule is CCc1cc(C2(O)OCC(C)(C)NC2C)cc(C)c1C. The molecule has 1 fully saturated rings. The van der Waals surface area contributed by atoms with Gasteiger partial charge in [0.15, 0.2) is 0 Å². The molecule has 1 aliphatic heterocycles. The Bertz CT molecular complexity index is 510. The molecule has 1 aromatic rings. The van der Waals surface area contributed by atoms with E-state index in [-0.39, 0.29) is 11.6 Å². The summed E-state index contributed by atoms with van der Waals surface area (Å²) in [5.74, 6) is -1.25. The first-order chi connectivity index (χ1) is 9.19. The van der Waals surface area contributed by atoms with Crippen LogP contribution in [-0.4, -0.2) is 23.3 Å². The molecule has 2 rings (SSSR count). The van der Waals surface area contributed by atoms with Crippen molar-refractivity contribution in [2.24, 2.45) is 0 Å². The Hall–Kier alpha value is -0.900. The smallest absolute Gasteiger partial charge is 0.208 e. The fraction of sp³-hybridized carbons (Fsp3) is 0.647. The molecule has 0 radical (unpaired) electrons. The van der Waals surface area contributed by atoms with E-state index < -0.39 is 5.79 Å². The maximum Gasteiger partial charge on any atom is 0.208 e. The average Bonchev–Trinajstić information content (AvgIpc) is 2.37. The summed E-state index contributed by atoms with van der Waals surface area (Å²) in [6.45, 7) is 13.0. The summed E-state index contributed by atoms with van der Waals surface area (Å²) in [6, 6.07) is 3.97. The standard InChI is InChI=1S/C17H27NO2/c1-7-14-9-15(8-11(2)12(14)3)17(19)13(4)18-16(5,6)10-20-17/h8-9,13,18-19H,7,10H2,1-6H3. The van der Waals surface area contributed by atoms with Gasteiger partial charge in [-0.25, -0.2) is 0 Å². The maximum absolute atomic E-state index is 11.0. The van der Waals surface area contributed by atoms with Crippen LogP contribution in [0.15, 0.2) is 12.1 Å². The number of aryl methyl sites for hydroxylation is 2. The molecular formula is C17H27NO2. The van der Waals surface area contributed by atoms with Crippen LogP contribution in [0.3, 0.4) is 0 Å². The van der Waals surface area contributed by atoms with Gasteiger partial charge in [0.2, 0.25) is 5.79 Å². The molecule has 1 heterocycles. The second-order valence-corrected chi connectivity index (χ2v) is 6.67. The van der Waals surface area contributed by atoms with Crippen molar-refractivity contribution in [1.82, 2.24) is 5.32 Å². The Labute approximate surface area is 122 Å². The summed E-state index contributed by atoms with van der Waals surface area (Å²) in [6.07, 6.45) is 0.962. The molecule has 3 nitrogen and oxygen atoms in total. The highest BCUT2D eigenvalue weighted by Crippen LogP contribution is 2.34. The topological polar surface area (TPSA) is 41.5 Å². The molecule has 3 heteroatoms. The Morgan fingerprint density at radius 2 is 2.00 bits per heavy atom. The molecule has 0 amide bonds. The second-order valence-electron chi connectivity index (χ2n) is 6.67. The zero-order chi connectivity index (χ0) is 15.1. The zero-order valence-electron chi connectivity index (χ0n) is 13.5. The van der Waals surface area contributed by atoms with E-state index in [1.165, 1.54) is 16.7 Å². The number of nitrogens with one attached hydrogen (secondary N) is 1. The molecule has 2 N–H and O–H groups in total. The van der Waals surface area contributed by atoms with Gasteiger partial charge in [-0.2, -0.15) is 0 Å². The number of hydrogen-bond donors (Lipinski definition) is 2. The molecule has 20 heavy (non-hydrogen) atoms. The largest absolute Gasteiger partial charge is 0.361 e. The lowest BCUT2D eigenvalue weighted by molar-refractivity contribution is -0.263. The average molecular weight is 277 g/mol. The normalized spacial score (nSPS) is 29.4. The molecule has 0 bridgehead atoms. The van der Waals surface area contributed by atoms with Crippen LogP contribution in [0.25, 0.3) is 0 Å². The summed E-state index contributed by atoms with van der Waals surface area (Å²) in [5, 5.41) is 14.4. The van der Waals surface area contributed by atoms with Crippen LogP contribution in [-0.2, 0) is 16.9 Å². The lowest BCUT2D eigenvalue weighted by atomic mass is 9.88. The quantitative estimate of drug-likeness (QED) is 0.873. The van der Waals surface area contributed by atoms with E-state index in [1.807, 2.05) is 13.0 Å². The molecule has 1 aromatic carbocycles. The van der Waals surface area contributed by atoms with Crippen molar-refractivity contribution >= 4 is 0 Å². The summed E-state index contributed by atoms with van der Waals surface area (Å²) in [7, 11) is 0. The van der Waals surface area contributed by atoms with Gasteiger partial charge >= 0.3 is 0 Å². The maximum atomic E-state index is 11.0. The van der Waals surface area contributed by atoms with Crippen molar-refractivity contribution in [2.45, 2.75) is 65.3 Å². The lowest BCUT2D eigenvalue weighted by Crippen LogP contribution is -2.63. The van der Waals surface area contributed by atoms with Gasteiger partial charge < -0.3 is 15.2 Å². The minimum atomic E-state index is -1.25. The third kappa shape index (κ3) is 2.62. The van der Waals surface area contributed by atoms with E-state index in [0.717, 1.165) is 12.0 Å². The molecule has 0 aromatic heterocycles. The summed E-state index contributed by atoms with van der Waals surface area (Å²) in [4.78, 5) is 0. The van der Waals surface area contributed by atoms with Crippen molar-refractivity contribution in [2.75, 3.05) is 6.61 Å². The number of morpholine rings is 1. The van der Waals surface area contributed by atoms with Crippen molar-refractivity contribution in [3.8, 4) is 0 Å². The first-order valence-electron chi connectivity index (χ1n) is 7.44. The molecule has 2 unspecified atom stereocenters. The van der Waals surface area contributed by atoms with Crippen LogP contribution in [0.1, 0.15) is 49.9 Å². The lowest BCUT2D eigenvalue weighted by Gasteiger charge is -2.46. The van der Waals surface area contributed by atoms with Gasteiger partial charge in [0.1, 0.15) is 0 Å². The minimum Gasteiger partial charge on any atom is -0.361 e. The van der Waals surface area contributed by atoms with E-state index in [9.17, 15) is 5.11 Å². The van der Waals surface area contributed by atoms with Gasteiger partial charge in [0, 0.05) is 11.1 Å². The molecule has 0 saturated carbocycles. The monoisotopic (exact) mass is 277 g/mol. The summed E-state index contributed by atoms with van der Waals surface area (Å²) in [5.41, 5.74) is 4.52. The third-order valence-electron chi connectivity index (χ3n) is 4.42. The first kappa shape index (κ1) is 15.5. The highest BCUT2D eigenvalue weighted by atomic mass is 16.6. The molecule has 112 valence electrons. The van der Waals surface area contributed by atoms with Gasteiger partial charge in [-0.3, -0.25) is 0 Å². The van der Waals surface area contributed by atoms with Crippen molar-refractivity contribution in [3.05, 3.63) is 34.4 Å². The molecular weight excluding hydrogens is 250 g/mol.